The fraction of sp³-hybridized carbons (Fsp3) is 0.500. The van der Waals surface area contributed by atoms with E-state index in [9.17, 15) is 9.59 Å². The number of aromatic nitrogens is 2. The molecule has 2 amide bonds. The molecule has 0 N–H and O–H groups in total. The van der Waals surface area contributed by atoms with Gasteiger partial charge in [-0.2, -0.15) is 0 Å². The van der Waals surface area contributed by atoms with Crippen molar-refractivity contribution >= 4 is 35.0 Å². The summed E-state index contributed by atoms with van der Waals surface area (Å²) < 4.78 is 1.62. The highest BCUT2D eigenvalue weighted by Gasteiger charge is 2.58. The summed E-state index contributed by atoms with van der Waals surface area (Å²) in [6, 6.07) is 0. The highest BCUT2D eigenvalue weighted by atomic mass is 35.5. The van der Waals surface area contributed by atoms with Gasteiger partial charge < -0.3 is 4.57 Å². The van der Waals surface area contributed by atoms with Crippen LogP contribution in [-0.2, 0) is 16.1 Å². The predicted octanol–water partition coefficient (Wildman–Crippen LogP) is 1.19. The average Bonchev–Trinajstić information content (AvgIpc) is 2.99. The molecule has 1 aromatic heterocycles. The number of hydrogen-bond acceptors (Lipinski definition) is 3. The van der Waals surface area contributed by atoms with Crippen LogP contribution in [0, 0.1) is 11.8 Å². The lowest BCUT2D eigenvalue weighted by Crippen LogP contribution is -2.35. The molecule has 2 fully saturated rings. The number of imide groups is 1. The molecule has 90 valence electrons. The predicted molar refractivity (Wildman–Crippen MR) is 60.6 cm³/mol. The smallest absolute Gasteiger partial charge is 0.233 e. The Morgan fingerprint density at radius 2 is 1.88 bits per heavy atom. The van der Waals surface area contributed by atoms with Crippen LogP contribution in [0.4, 0.5) is 0 Å². The molecule has 1 saturated carbocycles. The summed E-state index contributed by atoms with van der Waals surface area (Å²) in [5.74, 6) is -0.210. The fourth-order valence-electron chi connectivity index (χ4n) is 2.18. The zero-order valence-electron chi connectivity index (χ0n) is 8.77. The highest BCUT2D eigenvalue weighted by molar-refractivity contribution is 6.40. The van der Waals surface area contributed by atoms with E-state index in [1.165, 1.54) is 11.2 Å². The van der Waals surface area contributed by atoms with Crippen molar-refractivity contribution in [3.05, 3.63) is 16.6 Å². The first kappa shape index (κ1) is 11.0. The third-order valence-electron chi connectivity index (χ3n) is 3.25. The summed E-state index contributed by atoms with van der Waals surface area (Å²) in [7, 11) is 0. The Morgan fingerprint density at radius 3 is 2.41 bits per heavy atom. The van der Waals surface area contributed by atoms with Crippen molar-refractivity contribution < 1.29 is 9.59 Å². The van der Waals surface area contributed by atoms with Gasteiger partial charge in [-0.15, -0.1) is 0 Å². The van der Waals surface area contributed by atoms with Crippen LogP contribution in [0.15, 0.2) is 6.33 Å². The van der Waals surface area contributed by atoms with Crippen molar-refractivity contribution in [2.24, 2.45) is 11.8 Å². The van der Waals surface area contributed by atoms with Gasteiger partial charge in [0.15, 0.2) is 5.15 Å². The van der Waals surface area contributed by atoms with Gasteiger partial charge >= 0.3 is 0 Å². The number of nitrogens with zero attached hydrogens (tertiary/aromatic N) is 3. The Morgan fingerprint density at radius 1 is 1.24 bits per heavy atom. The number of fused-ring (bicyclic) bond motifs is 1. The molecular formula is C10H9Cl2N3O2. The van der Waals surface area contributed by atoms with Crippen LogP contribution in [0.5, 0.6) is 0 Å². The van der Waals surface area contributed by atoms with E-state index in [1.54, 1.807) is 4.57 Å². The first-order chi connectivity index (χ1) is 8.09. The van der Waals surface area contributed by atoms with Crippen molar-refractivity contribution in [1.82, 2.24) is 14.5 Å². The monoisotopic (exact) mass is 273 g/mol. The van der Waals surface area contributed by atoms with Gasteiger partial charge in [0.1, 0.15) is 5.15 Å². The first-order valence-corrected chi connectivity index (χ1v) is 6.06. The molecule has 1 aliphatic heterocycles. The van der Waals surface area contributed by atoms with E-state index in [0.717, 1.165) is 6.42 Å². The molecule has 2 heterocycles. The second-order valence-electron chi connectivity index (χ2n) is 4.30. The van der Waals surface area contributed by atoms with Crippen molar-refractivity contribution in [2.75, 3.05) is 6.54 Å². The van der Waals surface area contributed by atoms with Crippen LogP contribution in [0.3, 0.4) is 0 Å². The van der Waals surface area contributed by atoms with Crippen molar-refractivity contribution in [3.8, 4) is 0 Å². The number of amides is 2. The SMILES string of the molecule is O=C1[C@H]2C[C@H]2C(=O)N1CCn1cnc(Cl)c1Cl. The van der Waals surface area contributed by atoms with Crippen LogP contribution < -0.4 is 0 Å². The standard InChI is InChI=1S/C10H9Cl2N3O2/c11-7-8(12)14(4-13-7)1-2-15-9(16)5-3-6(5)10(15)17/h4-6H,1-3H2/t5-,6+. The molecule has 0 unspecified atom stereocenters. The molecule has 1 aromatic rings. The molecule has 1 aliphatic carbocycles. The minimum atomic E-state index is -0.0534. The van der Waals surface area contributed by atoms with Crippen LogP contribution in [0.2, 0.25) is 10.3 Å². The Balaban J connectivity index is 1.67. The molecular weight excluding hydrogens is 265 g/mol. The maximum Gasteiger partial charge on any atom is 0.233 e. The number of rotatable bonds is 3. The molecule has 0 bridgehead atoms. The van der Waals surface area contributed by atoms with Crippen molar-refractivity contribution in [3.63, 3.8) is 0 Å². The third kappa shape index (κ3) is 1.65. The lowest BCUT2D eigenvalue weighted by atomic mass is 10.4. The van der Waals surface area contributed by atoms with E-state index in [2.05, 4.69) is 4.98 Å². The van der Waals surface area contributed by atoms with Crippen LogP contribution >= 0.6 is 23.2 Å². The molecule has 7 heteroatoms. The molecule has 2 atom stereocenters. The van der Waals surface area contributed by atoms with Gasteiger partial charge in [-0.3, -0.25) is 14.5 Å². The van der Waals surface area contributed by atoms with Gasteiger partial charge in [-0.25, -0.2) is 4.98 Å². The van der Waals surface area contributed by atoms with Gasteiger partial charge in [0.05, 0.1) is 18.2 Å². The normalized spacial score (nSPS) is 26.6. The lowest BCUT2D eigenvalue weighted by Gasteiger charge is -2.16. The minimum absolute atomic E-state index is 0.0515. The molecule has 2 aliphatic rings. The molecule has 1 saturated heterocycles. The molecule has 0 aromatic carbocycles. The molecule has 0 radical (unpaired) electrons. The van der Waals surface area contributed by atoms with E-state index in [0.29, 0.717) is 18.2 Å². The number of carbonyl (C=O) groups is 2. The summed E-state index contributed by atoms with van der Waals surface area (Å²) in [4.78, 5) is 28.5. The number of hydrogen-bond donors (Lipinski definition) is 0. The maximum atomic E-state index is 11.7. The molecule has 5 nitrogen and oxygen atoms in total. The van der Waals surface area contributed by atoms with Gasteiger partial charge in [0, 0.05) is 13.1 Å². The van der Waals surface area contributed by atoms with E-state index in [4.69, 9.17) is 23.2 Å². The van der Waals surface area contributed by atoms with Gasteiger partial charge in [0.2, 0.25) is 11.8 Å². The van der Waals surface area contributed by atoms with Gasteiger partial charge in [-0.05, 0) is 6.42 Å². The number of imidazole rings is 1. The zero-order chi connectivity index (χ0) is 12.2. The molecule has 3 rings (SSSR count). The molecule has 0 spiro atoms. The minimum Gasteiger partial charge on any atom is -0.319 e. The number of halogens is 2. The van der Waals surface area contributed by atoms with Crippen LogP contribution in [0.25, 0.3) is 0 Å². The maximum absolute atomic E-state index is 11.7. The summed E-state index contributed by atoms with van der Waals surface area (Å²) in [5.41, 5.74) is 0. The Kier molecular flexibility index (Phi) is 2.41. The highest BCUT2D eigenvalue weighted by Crippen LogP contribution is 2.46. The third-order valence-corrected chi connectivity index (χ3v) is 4.02. The Bertz CT molecular complexity index is 494. The topological polar surface area (TPSA) is 55.2 Å². The summed E-state index contributed by atoms with van der Waals surface area (Å²) in [6.07, 6.45) is 2.22. The Hall–Kier alpha value is -1.07. The summed E-state index contributed by atoms with van der Waals surface area (Å²) in [5, 5.41) is 0.560. The number of likely N-dealkylation sites (tertiary alicyclic amines) is 1. The van der Waals surface area contributed by atoms with Crippen molar-refractivity contribution in [1.29, 1.82) is 0 Å². The van der Waals surface area contributed by atoms with Crippen LogP contribution in [-0.4, -0.2) is 32.8 Å². The summed E-state index contributed by atoms with van der Waals surface area (Å²) >= 11 is 11.6. The Labute approximate surface area is 107 Å². The second kappa shape index (κ2) is 3.71. The number of piperidine rings is 1. The van der Waals surface area contributed by atoms with E-state index >= 15 is 0 Å². The van der Waals surface area contributed by atoms with E-state index in [1.807, 2.05) is 0 Å². The quantitative estimate of drug-likeness (QED) is 0.778. The van der Waals surface area contributed by atoms with Crippen molar-refractivity contribution in [2.45, 2.75) is 13.0 Å². The molecule has 17 heavy (non-hydrogen) atoms. The first-order valence-electron chi connectivity index (χ1n) is 5.31. The van der Waals surface area contributed by atoms with E-state index in [-0.39, 0.29) is 28.8 Å². The average molecular weight is 274 g/mol. The zero-order valence-corrected chi connectivity index (χ0v) is 10.3. The lowest BCUT2D eigenvalue weighted by molar-refractivity contribution is -0.141. The largest absolute Gasteiger partial charge is 0.319 e. The van der Waals surface area contributed by atoms with E-state index < -0.39 is 0 Å². The number of carbonyl (C=O) groups excluding carboxylic acids is 2. The van der Waals surface area contributed by atoms with Gasteiger partial charge in [-0.1, -0.05) is 23.2 Å². The summed E-state index contributed by atoms with van der Waals surface area (Å²) in [6.45, 7) is 0.756. The second-order valence-corrected chi connectivity index (χ2v) is 5.01. The van der Waals surface area contributed by atoms with Gasteiger partial charge in [0.25, 0.3) is 0 Å². The van der Waals surface area contributed by atoms with Crippen LogP contribution in [0.1, 0.15) is 6.42 Å². The fourth-order valence-corrected chi connectivity index (χ4v) is 2.51.